The number of amides is 2. The zero-order valence-corrected chi connectivity index (χ0v) is 16.9. The van der Waals surface area contributed by atoms with Gasteiger partial charge in [-0.25, -0.2) is 4.79 Å². The van der Waals surface area contributed by atoms with E-state index in [0.29, 0.717) is 22.1 Å². The van der Waals surface area contributed by atoms with Crippen LogP contribution < -0.4 is 10.2 Å². The van der Waals surface area contributed by atoms with Crippen molar-refractivity contribution >= 4 is 40.8 Å². The third-order valence-corrected chi connectivity index (χ3v) is 4.89. The zero-order valence-electron chi connectivity index (χ0n) is 16.1. The van der Waals surface area contributed by atoms with E-state index in [1.807, 2.05) is 6.07 Å². The van der Waals surface area contributed by atoms with Crippen LogP contribution in [0.1, 0.15) is 20.3 Å². The lowest BCUT2D eigenvalue weighted by Gasteiger charge is -2.33. The highest BCUT2D eigenvalue weighted by Gasteiger charge is 2.40. The third-order valence-electron chi connectivity index (χ3n) is 4.64. The Bertz CT molecular complexity index is 955. The Morgan fingerprint density at radius 3 is 2.41 bits per heavy atom. The molecule has 1 unspecified atom stereocenters. The number of carbonyl (C=O) groups excluding carboxylic acids is 3. The summed E-state index contributed by atoms with van der Waals surface area (Å²) in [5.41, 5.74) is 1.73. The molecule has 0 aliphatic carbocycles. The van der Waals surface area contributed by atoms with Gasteiger partial charge in [0.05, 0.1) is 18.1 Å². The number of hydrogen-bond acceptors (Lipinski definition) is 4. The predicted octanol–water partition coefficient (Wildman–Crippen LogP) is 4.17. The van der Waals surface area contributed by atoms with Gasteiger partial charge in [-0.05, 0) is 50.2 Å². The van der Waals surface area contributed by atoms with E-state index in [-0.39, 0.29) is 24.5 Å². The number of para-hydroxylation sites is 1. The number of hydrogen-bond donors (Lipinski definition) is 1. The quantitative estimate of drug-likeness (QED) is 0.748. The summed E-state index contributed by atoms with van der Waals surface area (Å²) in [6.45, 7) is 3.51. The van der Waals surface area contributed by atoms with Crippen LogP contribution >= 0.6 is 11.6 Å². The number of benzene rings is 2. The highest BCUT2D eigenvalue weighted by atomic mass is 35.5. The van der Waals surface area contributed by atoms with Crippen molar-refractivity contribution in [2.24, 2.45) is 5.92 Å². The first kappa shape index (κ1) is 20.6. The molecule has 1 aliphatic rings. The first-order chi connectivity index (χ1) is 13.9. The van der Waals surface area contributed by atoms with Gasteiger partial charge in [-0.15, -0.1) is 0 Å². The molecule has 7 heteroatoms. The fourth-order valence-electron chi connectivity index (χ4n) is 3.33. The van der Waals surface area contributed by atoms with Crippen LogP contribution in [-0.2, 0) is 19.1 Å². The number of ether oxygens (including phenoxy) is 1. The topological polar surface area (TPSA) is 75.7 Å². The monoisotopic (exact) mass is 412 g/mol. The molecule has 150 valence electrons. The fraction of sp³-hybridized carbons (Fsp3) is 0.227. The maximum absolute atomic E-state index is 12.9. The van der Waals surface area contributed by atoms with Gasteiger partial charge in [0.25, 0.3) is 0 Å². The molecule has 0 saturated carbocycles. The Hall–Kier alpha value is -3.12. The minimum absolute atomic E-state index is 0.139. The maximum Gasteiger partial charge on any atom is 0.336 e. The largest absolute Gasteiger partial charge is 0.463 e. The van der Waals surface area contributed by atoms with E-state index < -0.39 is 17.8 Å². The molecule has 1 N–H and O–H groups in total. The van der Waals surface area contributed by atoms with E-state index in [0.717, 1.165) is 0 Å². The highest BCUT2D eigenvalue weighted by Crippen LogP contribution is 2.34. The standard InChI is InChI=1S/C22H21ClN2O4/c1-3-29-22(28)20-14(2)25(17-7-5-4-6-8-17)19(26)13-18(20)21(27)24-16-11-9-15(23)10-12-16/h4-12,18H,3,13H2,1-2H3,(H,24,27). The molecule has 0 bridgehead atoms. The Morgan fingerprint density at radius 1 is 1.14 bits per heavy atom. The number of nitrogens with zero attached hydrogens (tertiary/aromatic N) is 1. The van der Waals surface area contributed by atoms with Gasteiger partial charge >= 0.3 is 5.97 Å². The van der Waals surface area contributed by atoms with Gasteiger partial charge in [0.1, 0.15) is 0 Å². The van der Waals surface area contributed by atoms with E-state index in [4.69, 9.17) is 16.3 Å². The van der Waals surface area contributed by atoms with Crippen molar-refractivity contribution in [1.29, 1.82) is 0 Å². The van der Waals surface area contributed by atoms with Crippen LogP contribution in [0.25, 0.3) is 0 Å². The number of allylic oxidation sites excluding steroid dienone is 1. The Kier molecular flexibility index (Phi) is 6.34. The SMILES string of the molecule is CCOC(=O)C1=C(C)N(c2ccccc2)C(=O)CC1C(=O)Nc1ccc(Cl)cc1. The molecule has 2 aromatic carbocycles. The molecule has 0 radical (unpaired) electrons. The van der Waals surface area contributed by atoms with Crippen LogP contribution in [0, 0.1) is 5.92 Å². The second-order valence-electron chi connectivity index (χ2n) is 6.54. The average molecular weight is 413 g/mol. The second kappa shape index (κ2) is 8.92. The van der Waals surface area contributed by atoms with Gasteiger partial charge in [-0.1, -0.05) is 29.8 Å². The molecule has 0 spiro atoms. The van der Waals surface area contributed by atoms with Gasteiger partial charge in [0.2, 0.25) is 11.8 Å². The molecule has 0 fully saturated rings. The van der Waals surface area contributed by atoms with Gasteiger partial charge in [-0.3, -0.25) is 14.5 Å². The summed E-state index contributed by atoms with van der Waals surface area (Å²) in [6, 6.07) is 15.6. The molecule has 2 aromatic rings. The van der Waals surface area contributed by atoms with Crippen molar-refractivity contribution in [2.75, 3.05) is 16.8 Å². The average Bonchev–Trinajstić information content (AvgIpc) is 2.70. The van der Waals surface area contributed by atoms with E-state index >= 15 is 0 Å². The van der Waals surface area contributed by atoms with Crippen molar-refractivity contribution in [3.05, 3.63) is 70.9 Å². The summed E-state index contributed by atoms with van der Waals surface area (Å²) in [4.78, 5) is 40.0. The summed E-state index contributed by atoms with van der Waals surface area (Å²) in [7, 11) is 0. The summed E-state index contributed by atoms with van der Waals surface area (Å²) in [6.07, 6.45) is -0.139. The first-order valence-corrected chi connectivity index (χ1v) is 9.62. The molecule has 1 heterocycles. The minimum Gasteiger partial charge on any atom is -0.463 e. The minimum atomic E-state index is -0.947. The lowest BCUT2D eigenvalue weighted by molar-refractivity contribution is -0.141. The summed E-state index contributed by atoms with van der Waals surface area (Å²) in [5.74, 6) is -2.26. The first-order valence-electron chi connectivity index (χ1n) is 9.24. The fourth-order valence-corrected chi connectivity index (χ4v) is 3.45. The van der Waals surface area contributed by atoms with Gasteiger partial charge in [-0.2, -0.15) is 0 Å². The maximum atomic E-state index is 12.9. The van der Waals surface area contributed by atoms with E-state index in [1.54, 1.807) is 62.4 Å². The van der Waals surface area contributed by atoms with Crippen LogP contribution in [-0.4, -0.2) is 24.4 Å². The lowest BCUT2D eigenvalue weighted by atomic mass is 9.88. The predicted molar refractivity (Wildman–Crippen MR) is 111 cm³/mol. The molecular formula is C22H21ClN2O4. The van der Waals surface area contributed by atoms with Gasteiger partial charge in [0.15, 0.2) is 0 Å². The van der Waals surface area contributed by atoms with Crippen molar-refractivity contribution in [2.45, 2.75) is 20.3 Å². The van der Waals surface area contributed by atoms with Crippen LogP contribution in [0.15, 0.2) is 65.9 Å². The van der Waals surface area contributed by atoms with E-state index in [2.05, 4.69) is 5.32 Å². The summed E-state index contributed by atoms with van der Waals surface area (Å²) >= 11 is 5.88. The van der Waals surface area contributed by atoms with Crippen molar-refractivity contribution in [3.63, 3.8) is 0 Å². The van der Waals surface area contributed by atoms with Crippen molar-refractivity contribution in [1.82, 2.24) is 0 Å². The van der Waals surface area contributed by atoms with E-state index in [1.165, 1.54) is 4.90 Å². The molecule has 3 rings (SSSR count). The number of anilines is 2. The molecule has 0 aromatic heterocycles. The second-order valence-corrected chi connectivity index (χ2v) is 6.97. The third kappa shape index (κ3) is 4.49. The number of rotatable bonds is 5. The molecule has 2 amide bonds. The van der Waals surface area contributed by atoms with Crippen LogP contribution in [0.4, 0.5) is 11.4 Å². The zero-order chi connectivity index (χ0) is 21.0. The molecule has 29 heavy (non-hydrogen) atoms. The number of carbonyl (C=O) groups is 3. The van der Waals surface area contributed by atoms with Crippen molar-refractivity contribution < 1.29 is 19.1 Å². The Labute approximate surface area is 174 Å². The molecule has 6 nitrogen and oxygen atoms in total. The smallest absolute Gasteiger partial charge is 0.336 e. The molecule has 0 saturated heterocycles. The van der Waals surface area contributed by atoms with Gasteiger partial charge < -0.3 is 10.1 Å². The summed E-state index contributed by atoms with van der Waals surface area (Å²) < 4.78 is 5.19. The molecule has 1 atom stereocenters. The highest BCUT2D eigenvalue weighted by molar-refractivity contribution is 6.30. The molecule has 1 aliphatic heterocycles. The van der Waals surface area contributed by atoms with Crippen molar-refractivity contribution in [3.8, 4) is 0 Å². The Morgan fingerprint density at radius 2 is 1.79 bits per heavy atom. The van der Waals surface area contributed by atoms with Gasteiger partial charge in [0, 0.05) is 28.5 Å². The number of halogens is 1. The number of esters is 1. The summed E-state index contributed by atoms with van der Waals surface area (Å²) in [5, 5.41) is 3.29. The van der Waals surface area contributed by atoms with Crippen LogP contribution in [0.5, 0.6) is 0 Å². The molecular weight excluding hydrogens is 392 g/mol. The van der Waals surface area contributed by atoms with Crippen LogP contribution in [0.3, 0.4) is 0 Å². The lowest BCUT2D eigenvalue weighted by Crippen LogP contribution is -2.43. The van der Waals surface area contributed by atoms with E-state index in [9.17, 15) is 14.4 Å². The number of nitrogens with one attached hydrogen (secondary N) is 1. The van der Waals surface area contributed by atoms with Crippen LogP contribution in [0.2, 0.25) is 5.02 Å². The normalized spacial score (nSPS) is 16.6. The Balaban J connectivity index is 1.98.